The largest absolute Gasteiger partial charge is 0.507 e. The molecule has 0 saturated carbocycles. The first-order valence-electron chi connectivity index (χ1n) is 14.1. The molecule has 4 unspecified atom stereocenters. The lowest BCUT2D eigenvalue weighted by Gasteiger charge is -2.24. The van der Waals surface area contributed by atoms with E-state index in [4.69, 9.17) is 0 Å². The molecular weight excluding hydrogens is 472 g/mol. The molecule has 0 aliphatic heterocycles. The van der Waals surface area contributed by atoms with E-state index in [1.807, 2.05) is 12.1 Å². The third-order valence-corrected chi connectivity index (χ3v) is 8.46. The zero-order chi connectivity index (χ0) is 27.4. The van der Waals surface area contributed by atoms with Gasteiger partial charge in [0.2, 0.25) is 0 Å². The summed E-state index contributed by atoms with van der Waals surface area (Å²) >= 11 is 0. The monoisotopic (exact) mass is 510 g/mol. The normalized spacial score (nSPS) is 14.4. The van der Waals surface area contributed by atoms with Crippen molar-refractivity contribution in [3.05, 3.63) is 172 Å². The second kappa shape index (κ2) is 11.7. The lowest BCUT2D eigenvalue weighted by molar-refractivity contribution is 0.456. The van der Waals surface area contributed by atoms with Crippen LogP contribution in [-0.4, -0.2) is 5.11 Å². The van der Waals surface area contributed by atoms with Crippen LogP contribution in [0.4, 0.5) is 0 Å². The van der Waals surface area contributed by atoms with Crippen molar-refractivity contribution in [2.75, 3.05) is 0 Å². The Balaban J connectivity index is 1.53. The molecule has 0 amide bonds. The highest BCUT2D eigenvalue weighted by Gasteiger charge is 2.23. The van der Waals surface area contributed by atoms with Gasteiger partial charge in [-0.25, -0.2) is 0 Å². The number of phenolic OH excluding ortho intramolecular Hbond substituents is 1. The number of rotatable bonds is 8. The van der Waals surface area contributed by atoms with E-state index in [0.29, 0.717) is 11.7 Å². The molecule has 0 aromatic heterocycles. The van der Waals surface area contributed by atoms with Crippen LogP contribution in [0, 0.1) is 0 Å². The summed E-state index contributed by atoms with van der Waals surface area (Å²) in [4.78, 5) is 0. The van der Waals surface area contributed by atoms with Crippen LogP contribution in [0.3, 0.4) is 0 Å². The van der Waals surface area contributed by atoms with Gasteiger partial charge in [-0.15, -0.1) is 0 Å². The Bertz CT molecular complexity index is 1420. The summed E-state index contributed by atoms with van der Waals surface area (Å²) < 4.78 is 0. The third-order valence-electron chi connectivity index (χ3n) is 8.46. The smallest absolute Gasteiger partial charge is 0.123 e. The minimum absolute atomic E-state index is 0.0779. The van der Waals surface area contributed by atoms with Crippen LogP contribution in [0.15, 0.2) is 127 Å². The van der Waals surface area contributed by atoms with Crippen molar-refractivity contribution in [2.45, 2.75) is 51.4 Å². The van der Waals surface area contributed by atoms with Gasteiger partial charge in [-0.2, -0.15) is 0 Å². The number of benzene rings is 5. The van der Waals surface area contributed by atoms with Crippen molar-refractivity contribution in [1.29, 1.82) is 0 Å². The zero-order valence-electron chi connectivity index (χ0n) is 23.4. The second-order valence-corrected chi connectivity index (χ2v) is 10.8. The average molecular weight is 511 g/mol. The summed E-state index contributed by atoms with van der Waals surface area (Å²) in [5.74, 6) is 1.10. The summed E-state index contributed by atoms with van der Waals surface area (Å²) in [6.45, 7) is 8.92. The van der Waals surface area contributed by atoms with Gasteiger partial charge in [-0.1, -0.05) is 155 Å². The number of aromatic hydroxyl groups is 1. The molecule has 0 heterocycles. The summed E-state index contributed by atoms with van der Waals surface area (Å²) in [5, 5.41) is 11.6. The van der Waals surface area contributed by atoms with Crippen LogP contribution in [-0.2, 0) is 0 Å². The summed E-state index contributed by atoms with van der Waals surface area (Å²) in [5.41, 5.74) is 9.53. The van der Waals surface area contributed by atoms with Crippen molar-refractivity contribution in [3.63, 3.8) is 0 Å². The van der Waals surface area contributed by atoms with Crippen molar-refractivity contribution in [3.8, 4) is 5.75 Å². The first-order valence-corrected chi connectivity index (χ1v) is 14.1. The van der Waals surface area contributed by atoms with Gasteiger partial charge in [0.1, 0.15) is 5.75 Å². The fourth-order valence-electron chi connectivity index (χ4n) is 5.66. The highest BCUT2D eigenvalue weighted by Crippen LogP contribution is 2.42. The van der Waals surface area contributed by atoms with Crippen LogP contribution in [0.1, 0.15) is 95.9 Å². The van der Waals surface area contributed by atoms with Crippen molar-refractivity contribution in [2.24, 2.45) is 0 Å². The van der Waals surface area contributed by atoms with E-state index in [-0.39, 0.29) is 17.8 Å². The lowest BCUT2D eigenvalue weighted by Crippen LogP contribution is -2.06. The molecule has 0 bridgehead atoms. The molecule has 0 aliphatic carbocycles. The van der Waals surface area contributed by atoms with Crippen LogP contribution in [0.5, 0.6) is 5.75 Å². The predicted octanol–water partition coefficient (Wildman–Crippen LogP) is 10.00. The van der Waals surface area contributed by atoms with Crippen LogP contribution < -0.4 is 0 Å². The molecule has 0 fully saturated rings. The van der Waals surface area contributed by atoms with Crippen LogP contribution in [0.2, 0.25) is 0 Å². The van der Waals surface area contributed by atoms with E-state index in [1.54, 1.807) is 0 Å². The van der Waals surface area contributed by atoms with Crippen molar-refractivity contribution in [1.82, 2.24) is 0 Å². The highest BCUT2D eigenvalue weighted by molar-refractivity contribution is 5.53. The number of hydrogen-bond acceptors (Lipinski definition) is 1. The molecule has 0 spiro atoms. The van der Waals surface area contributed by atoms with E-state index >= 15 is 0 Å². The molecule has 39 heavy (non-hydrogen) atoms. The maximum absolute atomic E-state index is 11.6. The molecule has 196 valence electrons. The molecule has 5 rings (SSSR count). The first-order chi connectivity index (χ1) is 18.9. The predicted molar refractivity (Wildman–Crippen MR) is 164 cm³/mol. The van der Waals surface area contributed by atoms with E-state index < -0.39 is 0 Å². The molecule has 5 aromatic rings. The highest BCUT2D eigenvalue weighted by atomic mass is 16.3. The first kappa shape index (κ1) is 26.5. The quantitative estimate of drug-likeness (QED) is 0.220. The van der Waals surface area contributed by atoms with Crippen molar-refractivity contribution < 1.29 is 5.11 Å². The Morgan fingerprint density at radius 2 is 0.641 bits per heavy atom. The van der Waals surface area contributed by atoms with E-state index in [1.165, 1.54) is 33.4 Å². The Morgan fingerprint density at radius 1 is 0.359 bits per heavy atom. The van der Waals surface area contributed by atoms with Gasteiger partial charge < -0.3 is 5.11 Å². The molecule has 1 N–H and O–H groups in total. The Hall–Kier alpha value is -4.10. The summed E-state index contributed by atoms with van der Waals surface area (Å²) in [6.07, 6.45) is 0. The number of phenols is 1. The minimum atomic E-state index is 0.0779. The Kier molecular flexibility index (Phi) is 7.98. The fourth-order valence-corrected chi connectivity index (χ4v) is 5.66. The SMILES string of the molecule is CC(c1ccccc1)c1ccc(C(C)c2cc(C(C)c3ccccc3)c(O)c(C(C)c3ccccc3)c2)cc1. The van der Waals surface area contributed by atoms with Crippen LogP contribution >= 0.6 is 0 Å². The fraction of sp³-hybridized carbons (Fsp3) is 0.211. The number of hydrogen-bond donors (Lipinski definition) is 1. The van der Waals surface area contributed by atoms with Gasteiger partial charge in [0.25, 0.3) is 0 Å². The average Bonchev–Trinajstić information content (AvgIpc) is 3.01. The second-order valence-electron chi connectivity index (χ2n) is 10.8. The van der Waals surface area contributed by atoms with Gasteiger partial charge in [-0.05, 0) is 33.4 Å². The van der Waals surface area contributed by atoms with Crippen molar-refractivity contribution >= 4 is 0 Å². The van der Waals surface area contributed by atoms with Gasteiger partial charge in [0.05, 0.1) is 0 Å². The topological polar surface area (TPSA) is 20.2 Å². The molecule has 0 aliphatic rings. The van der Waals surface area contributed by atoms with Gasteiger partial charge in [0.15, 0.2) is 0 Å². The standard InChI is InChI=1S/C38H38O/c1-26(30-14-8-5-9-15-30)33-20-22-34(23-21-33)27(2)35-24-36(28(3)31-16-10-6-11-17-31)38(39)37(25-35)29(4)32-18-12-7-13-19-32/h5-29,39H,1-4H3. The van der Waals surface area contributed by atoms with Gasteiger partial charge in [-0.3, -0.25) is 0 Å². The molecule has 5 aromatic carbocycles. The molecular formula is C38H38O. The zero-order valence-corrected chi connectivity index (χ0v) is 23.4. The van der Waals surface area contributed by atoms with E-state index in [2.05, 4.69) is 143 Å². The van der Waals surface area contributed by atoms with Crippen LogP contribution in [0.25, 0.3) is 0 Å². The van der Waals surface area contributed by atoms with Gasteiger partial charge in [0, 0.05) is 34.8 Å². The molecule has 1 nitrogen and oxygen atoms in total. The molecule has 0 saturated heterocycles. The molecule has 4 atom stereocenters. The summed E-state index contributed by atoms with van der Waals surface area (Å²) in [7, 11) is 0. The third kappa shape index (κ3) is 5.68. The minimum Gasteiger partial charge on any atom is -0.507 e. The van der Waals surface area contributed by atoms with E-state index in [0.717, 1.165) is 11.1 Å². The lowest BCUT2D eigenvalue weighted by atomic mass is 9.81. The maximum Gasteiger partial charge on any atom is 0.123 e. The Labute approximate surface area is 233 Å². The van der Waals surface area contributed by atoms with Gasteiger partial charge >= 0.3 is 0 Å². The molecule has 1 heteroatoms. The van der Waals surface area contributed by atoms with E-state index in [9.17, 15) is 5.11 Å². The Morgan fingerprint density at radius 3 is 1.00 bits per heavy atom. The molecule has 0 radical (unpaired) electrons. The maximum atomic E-state index is 11.6. The summed E-state index contributed by atoms with van der Waals surface area (Å²) in [6, 6.07) is 45.1.